The van der Waals surface area contributed by atoms with E-state index in [1.165, 1.54) is 12.3 Å². The molecule has 0 atom stereocenters. The van der Waals surface area contributed by atoms with Crippen molar-refractivity contribution in [2.24, 2.45) is 0 Å². The van der Waals surface area contributed by atoms with E-state index in [1.54, 1.807) is 36.4 Å². The second-order valence-electron chi connectivity index (χ2n) is 5.29. The Labute approximate surface area is 176 Å². The molecule has 0 saturated heterocycles. The van der Waals surface area contributed by atoms with Gasteiger partial charge >= 0.3 is 0 Å². The van der Waals surface area contributed by atoms with Gasteiger partial charge in [-0.05, 0) is 46.3 Å². The van der Waals surface area contributed by atoms with Crippen LogP contribution in [0.2, 0.25) is 5.02 Å². The van der Waals surface area contributed by atoms with Crippen molar-refractivity contribution in [2.45, 2.75) is 0 Å². The van der Waals surface area contributed by atoms with Crippen LogP contribution in [0.25, 0.3) is 0 Å². The molecule has 0 bridgehead atoms. The number of halogens is 3. The summed E-state index contributed by atoms with van der Waals surface area (Å²) in [5.41, 5.74) is 0.587. The SMILES string of the molecule is N#Cc1cnn(C(=O)c2ccccc2Br)c1NC(=O)c1ccc(Br)cc1Cl. The fourth-order valence-electron chi connectivity index (χ4n) is 2.30. The first kappa shape index (κ1) is 19.3. The molecule has 3 aromatic rings. The van der Waals surface area contributed by atoms with E-state index in [4.69, 9.17) is 11.6 Å². The number of carbonyl (C=O) groups excluding carboxylic acids is 2. The highest BCUT2D eigenvalue weighted by Crippen LogP contribution is 2.24. The molecule has 0 spiro atoms. The van der Waals surface area contributed by atoms with Crippen LogP contribution in [0.3, 0.4) is 0 Å². The number of nitriles is 1. The first-order valence-electron chi connectivity index (χ1n) is 7.46. The number of aromatic nitrogens is 2. The molecule has 1 N–H and O–H groups in total. The number of nitrogens with one attached hydrogen (secondary N) is 1. The number of rotatable bonds is 3. The molecular weight excluding hydrogens is 499 g/mol. The third kappa shape index (κ3) is 3.95. The topological polar surface area (TPSA) is 87.8 Å². The molecule has 1 heterocycles. The maximum atomic E-state index is 12.8. The summed E-state index contributed by atoms with van der Waals surface area (Å²) in [5, 5.41) is 16.0. The number of amides is 1. The van der Waals surface area contributed by atoms with Crippen molar-refractivity contribution >= 4 is 61.1 Å². The molecule has 3 rings (SSSR count). The molecule has 1 aromatic heterocycles. The summed E-state index contributed by atoms with van der Waals surface area (Å²) in [5.74, 6) is -1.09. The smallest absolute Gasteiger partial charge is 0.281 e. The van der Waals surface area contributed by atoms with Gasteiger partial charge in [0.2, 0.25) is 0 Å². The van der Waals surface area contributed by atoms with Gasteiger partial charge in [0.15, 0.2) is 5.82 Å². The van der Waals surface area contributed by atoms with Gasteiger partial charge in [-0.15, -0.1) is 0 Å². The standard InChI is InChI=1S/C18H9Br2ClN4O2/c19-11-5-6-13(15(21)7-11)17(26)24-16-10(8-22)9-23-25(16)18(27)12-3-1-2-4-14(12)20/h1-7,9H,(H,24,26). The fourth-order valence-corrected chi connectivity index (χ4v) is 3.52. The Morgan fingerprint density at radius 3 is 2.56 bits per heavy atom. The lowest BCUT2D eigenvalue weighted by atomic mass is 10.2. The number of hydrogen-bond acceptors (Lipinski definition) is 4. The molecule has 0 fully saturated rings. The molecule has 6 nitrogen and oxygen atoms in total. The summed E-state index contributed by atoms with van der Waals surface area (Å²) in [6.07, 6.45) is 1.22. The number of anilines is 1. The first-order valence-corrected chi connectivity index (χ1v) is 9.42. The van der Waals surface area contributed by atoms with Gasteiger partial charge in [-0.25, -0.2) is 0 Å². The minimum atomic E-state index is -0.564. The quantitative estimate of drug-likeness (QED) is 0.547. The van der Waals surface area contributed by atoms with Crippen molar-refractivity contribution in [2.75, 3.05) is 5.32 Å². The summed E-state index contributed by atoms with van der Waals surface area (Å²) in [7, 11) is 0. The number of carbonyl (C=O) groups is 2. The lowest BCUT2D eigenvalue weighted by molar-refractivity contribution is 0.0946. The molecule has 0 aliphatic rings. The van der Waals surface area contributed by atoms with Gasteiger partial charge in [0.25, 0.3) is 11.8 Å². The molecule has 0 unspecified atom stereocenters. The molecule has 2 aromatic carbocycles. The van der Waals surface area contributed by atoms with Crippen LogP contribution in [0.1, 0.15) is 26.3 Å². The Morgan fingerprint density at radius 1 is 1.15 bits per heavy atom. The second kappa shape index (κ2) is 8.05. The van der Waals surface area contributed by atoms with Crippen LogP contribution in [-0.2, 0) is 0 Å². The minimum Gasteiger partial charge on any atom is -0.305 e. The lowest BCUT2D eigenvalue weighted by Crippen LogP contribution is -2.21. The third-order valence-electron chi connectivity index (χ3n) is 3.59. The molecule has 1 amide bonds. The Kier molecular flexibility index (Phi) is 5.75. The fraction of sp³-hybridized carbons (Fsp3) is 0. The van der Waals surface area contributed by atoms with E-state index in [0.29, 0.717) is 10.0 Å². The van der Waals surface area contributed by atoms with Crippen LogP contribution in [0.4, 0.5) is 5.82 Å². The molecule has 0 radical (unpaired) electrons. The normalized spacial score (nSPS) is 10.3. The summed E-state index contributed by atoms with van der Waals surface area (Å²) in [6, 6.07) is 13.5. The van der Waals surface area contributed by atoms with E-state index in [2.05, 4.69) is 42.3 Å². The molecule has 0 aliphatic carbocycles. The van der Waals surface area contributed by atoms with Crippen molar-refractivity contribution in [1.82, 2.24) is 9.78 Å². The number of hydrogen-bond donors (Lipinski definition) is 1. The molecule has 9 heteroatoms. The molecular formula is C18H9Br2ClN4O2. The van der Waals surface area contributed by atoms with Gasteiger partial charge in [0, 0.05) is 8.95 Å². The first-order chi connectivity index (χ1) is 12.9. The van der Waals surface area contributed by atoms with Crippen LogP contribution >= 0.6 is 43.5 Å². The van der Waals surface area contributed by atoms with E-state index in [0.717, 1.165) is 9.15 Å². The van der Waals surface area contributed by atoms with E-state index in [1.807, 2.05) is 6.07 Å². The summed E-state index contributed by atoms with van der Waals surface area (Å²) < 4.78 is 2.26. The van der Waals surface area contributed by atoms with Gasteiger partial charge in [-0.2, -0.15) is 15.0 Å². The van der Waals surface area contributed by atoms with Gasteiger partial charge in [-0.1, -0.05) is 39.7 Å². The highest BCUT2D eigenvalue weighted by molar-refractivity contribution is 9.10. The van der Waals surface area contributed by atoms with E-state index in [9.17, 15) is 14.9 Å². The Bertz CT molecular complexity index is 1100. The zero-order valence-corrected chi connectivity index (χ0v) is 17.3. The Morgan fingerprint density at radius 2 is 1.89 bits per heavy atom. The van der Waals surface area contributed by atoms with Crippen molar-refractivity contribution in [3.63, 3.8) is 0 Å². The van der Waals surface area contributed by atoms with Crippen LogP contribution in [0, 0.1) is 11.3 Å². The van der Waals surface area contributed by atoms with Crippen molar-refractivity contribution in [3.05, 3.63) is 79.3 Å². The van der Waals surface area contributed by atoms with Gasteiger partial charge in [0.05, 0.1) is 22.3 Å². The van der Waals surface area contributed by atoms with Crippen LogP contribution in [0.5, 0.6) is 0 Å². The van der Waals surface area contributed by atoms with Gasteiger partial charge in [0.1, 0.15) is 11.6 Å². The second-order valence-corrected chi connectivity index (χ2v) is 7.47. The maximum Gasteiger partial charge on any atom is 0.281 e. The highest BCUT2D eigenvalue weighted by Gasteiger charge is 2.22. The van der Waals surface area contributed by atoms with Gasteiger partial charge < -0.3 is 5.32 Å². The van der Waals surface area contributed by atoms with Crippen molar-refractivity contribution in [3.8, 4) is 6.07 Å². The van der Waals surface area contributed by atoms with E-state index < -0.39 is 11.8 Å². The largest absolute Gasteiger partial charge is 0.305 e. The Hall–Kier alpha value is -2.47. The average molecular weight is 509 g/mol. The molecule has 0 aliphatic heterocycles. The van der Waals surface area contributed by atoms with Crippen molar-refractivity contribution < 1.29 is 9.59 Å². The molecule has 27 heavy (non-hydrogen) atoms. The maximum absolute atomic E-state index is 12.8. The summed E-state index contributed by atoms with van der Waals surface area (Å²) >= 11 is 12.7. The number of benzene rings is 2. The molecule has 0 saturated carbocycles. The number of nitrogens with zero attached hydrogens (tertiary/aromatic N) is 3. The minimum absolute atomic E-state index is 0.0257. The van der Waals surface area contributed by atoms with Gasteiger partial charge in [-0.3, -0.25) is 9.59 Å². The van der Waals surface area contributed by atoms with E-state index >= 15 is 0 Å². The van der Waals surface area contributed by atoms with Crippen LogP contribution < -0.4 is 5.32 Å². The summed E-state index contributed by atoms with van der Waals surface area (Å²) in [4.78, 5) is 25.4. The monoisotopic (exact) mass is 506 g/mol. The highest BCUT2D eigenvalue weighted by atomic mass is 79.9. The average Bonchev–Trinajstić information content (AvgIpc) is 3.04. The van der Waals surface area contributed by atoms with Crippen LogP contribution in [0.15, 0.2) is 57.6 Å². The Balaban J connectivity index is 2.00. The zero-order valence-electron chi connectivity index (χ0n) is 13.4. The predicted molar refractivity (Wildman–Crippen MR) is 108 cm³/mol. The molecule has 134 valence electrons. The zero-order chi connectivity index (χ0) is 19.6. The van der Waals surface area contributed by atoms with Crippen molar-refractivity contribution in [1.29, 1.82) is 5.26 Å². The lowest BCUT2D eigenvalue weighted by Gasteiger charge is -2.10. The van der Waals surface area contributed by atoms with Crippen LogP contribution in [-0.4, -0.2) is 21.6 Å². The predicted octanol–water partition coefficient (Wildman–Crippen LogP) is 4.87. The summed E-state index contributed by atoms with van der Waals surface area (Å²) in [6.45, 7) is 0. The van der Waals surface area contributed by atoms with E-state index in [-0.39, 0.29) is 22.0 Å². The third-order valence-corrected chi connectivity index (χ3v) is 5.09.